The Kier molecular flexibility index (Phi) is 7.09. The fourth-order valence-corrected chi connectivity index (χ4v) is 1.26. The van der Waals surface area contributed by atoms with Crippen molar-refractivity contribution in [2.75, 3.05) is 46.5 Å². The third-order valence-electron chi connectivity index (χ3n) is 2.10. The van der Waals surface area contributed by atoms with Crippen LogP contribution in [0, 0.1) is 5.41 Å². The molecule has 0 unspecified atom stereocenters. The van der Waals surface area contributed by atoms with Gasteiger partial charge in [0.05, 0.1) is 19.8 Å². The minimum atomic E-state index is 0.0952. The third kappa shape index (κ3) is 7.26. The molecular weight excluding hydrogens is 180 g/mol. The summed E-state index contributed by atoms with van der Waals surface area (Å²) in [7, 11) is 2.06. The van der Waals surface area contributed by atoms with E-state index in [1.807, 2.05) is 0 Å². The number of aliphatic hydroxyl groups is 1. The summed E-state index contributed by atoms with van der Waals surface area (Å²) in [5, 5.41) is 8.50. The standard InChI is InChI=1S/C10H24N2O2/c1-10(2,8-11)9-12(3)4-6-14-7-5-13/h13H,4-9,11H2,1-3H3. The number of nitrogens with two attached hydrogens (primary N) is 1. The van der Waals surface area contributed by atoms with Gasteiger partial charge in [0.25, 0.3) is 0 Å². The summed E-state index contributed by atoms with van der Waals surface area (Å²) in [6, 6.07) is 0. The molecule has 0 aliphatic heterocycles. The summed E-state index contributed by atoms with van der Waals surface area (Å²) in [6.45, 7) is 8.02. The van der Waals surface area contributed by atoms with Crippen LogP contribution in [0.5, 0.6) is 0 Å². The molecule has 0 radical (unpaired) electrons. The largest absolute Gasteiger partial charge is 0.394 e. The van der Waals surface area contributed by atoms with Crippen LogP contribution in [-0.2, 0) is 4.74 Å². The van der Waals surface area contributed by atoms with Crippen LogP contribution in [-0.4, -0.2) is 56.5 Å². The lowest BCUT2D eigenvalue weighted by Crippen LogP contribution is -2.38. The van der Waals surface area contributed by atoms with Crippen LogP contribution in [0.1, 0.15) is 13.8 Å². The molecule has 0 spiro atoms. The minimum Gasteiger partial charge on any atom is -0.394 e. The molecule has 0 aliphatic carbocycles. The molecule has 3 N–H and O–H groups in total. The maximum atomic E-state index is 8.50. The number of ether oxygens (including phenoxy) is 1. The molecule has 0 atom stereocenters. The van der Waals surface area contributed by atoms with Crippen LogP contribution < -0.4 is 5.73 Å². The Morgan fingerprint density at radius 2 is 2.00 bits per heavy atom. The van der Waals surface area contributed by atoms with E-state index in [4.69, 9.17) is 15.6 Å². The molecule has 0 bridgehead atoms. The fourth-order valence-electron chi connectivity index (χ4n) is 1.26. The zero-order valence-electron chi connectivity index (χ0n) is 9.62. The van der Waals surface area contributed by atoms with E-state index in [9.17, 15) is 0 Å². The van der Waals surface area contributed by atoms with Gasteiger partial charge in [-0.3, -0.25) is 0 Å². The van der Waals surface area contributed by atoms with Crippen LogP contribution in [0.2, 0.25) is 0 Å². The predicted molar refractivity (Wildman–Crippen MR) is 58.2 cm³/mol. The maximum Gasteiger partial charge on any atom is 0.0698 e. The normalized spacial score (nSPS) is 12.4. The summed E-state index contributed by atoms with van der Waals surface area (Å²) in [5.41, 5.74) is 5.80. The Hall–Kier alpha value is -0.160. The summed E-state index contributed by atoms with van der Waals surface area (Å²) >= 11 is 0. The van der Waals surface area contributed by atoms with Crippen molar-refractivity contribution in [2.24, 2.45) is 11.1 Å². The second-order valence-corrected chi connectivity index (χ2v) is 4.44. The van der Waals surface area contributed by atoms with Gasteiger partial charge >= 0.3 is 0 Å². The molecule has 14 heavy (non-hydrogen) atoms. The van der Waals surface area contributed by atoms with Crippen molar-refractivity contribution in [1.82, 2.24) is 4.90 Å². The SMILES string of the molecule is CN(CCOCCO)CC(C)(C)CN. The summed E-state index contributed by atoms with van der Waals surface area (Å²) in [5.74, 6) is 0. The topological polar surface area (TPSA) is 58.7 Å². The lowest BCUT2D eigenvalue weighted by atomic mass is 9.93. The van der Waals surface area contributed by atoms with Crippen LogP contribution in [0.4, 0.5) is 0 Å². The van der Waals surface area contributed by atoms with Gasteiger partial charge in [0.2, 0.25) is 0 Å². The molecule has 86 valence electrons. The molecule has 4 nitrogen and oxygen atoms in total. The summed E-state index contributed by atoms with van der Waals surface area (Å²) in [6.07, 6.45) is 0. The molecule has 0 amide bonds. The summed E-state index contributed by atoms with van der Waals surface area (Å²) in [4.78, 5) is 2.20. The fraction of sp³-hybridized carbons (Fsp3) is 1.00. The zero-order valence-corrected chi connectivity index (χ0v) is 9.62. The highest BCUT2D eigenvalue weighted by Crippen LogP contribution is 2.13. The first-order valence-corrected chi connectivity index (χ1v) is 5.09. The number of rotatable bonds is 8. The van der Waals surface area contributed by atoms with Crippen molar-refractivity contribution in [3.8, 4) is 0 Å². The Morgan fingerprint density at radius 3 is 2.50 bits per heavy atom. The van der Waals surface area contributed by atoms with Crippen molar-refractivity contribution >= 4 is 0 Å². The Bertz CT molecular complexity index is 140. The Labute approximate surface area is 87.0 Å². The van der Waals surface area contributed by atoms with Gasteiger partial charge in [-0.25, -0.2) is 0 Å². The van der Waals surface area contributed by atoms with Gasteiger partial charge in [-0.15, -0.1) is 0 Å². The van der Waals surface area contributed by atoms with Crippen molar-refractivity contribution in [3.63, 3.8) is 0 Å². The maximum absolute atomic E-state index is 8.50. The van der Waals surface area contributed by atoms with Crippen molar-refractivity contribution in [2.45, 2.75) is 13.8 Å². The van der Waals surface area contributed by atoms with Gasteiger partial charge in [-0.2, -0.15) is 0 Å². The van der Waals surface area contributed by atoms with Crippen LogP contribution in [0.25, 0.3) is 0 Å². The molecule has 0 fully saturated rings. The van der Waals surface area contributed by atoms with Gasteiger partial charge in [0.15, 0.2) is 0 Å². The monoisotopic (exact) mass is 204 g/mol. The third-order valence-corrected chi connectivity index (χ3v) is 2.10. The van der Waals surface area contributed by atoms with E-state index in [1.165, 1.54) is 0 Å². The molecule has 0 aromatic rings. The number of likely N-dealkylation sites (N-methyl/N-ethyl adjacent to an activating group) is 1. The Morgan fingerprint density at radius 1 is 1.36 bits per heavy atom. The van der Waals surface area contributed by atoms with E-state index in [0.717, 1.165) is 13.1 Å². The molecule has 0 rings (SSSR count). The zero-order chi connectivity index (χ0) is 11.0. The van der Waals surface area contributed by atoms with Gasteiger partial charge in [-0.05, 0) is 19.0 Å². The average Bonchev–Trinajstić information content (AvgIpc) is 2.12. The van der Waals surface area contributed by atoms with E-state index < -0.39 is 0 Å². The van der Waals surface area contributed by atoms with E-state index >= 15 is 0 Å². The van der Waals surface area contributed by atoms with Gasteiger partial charge in [-0.1, -0.05) is 13.8 Å². The second kappa shape index (κ2) is 7.17. The lowest BCUT2D eigenvalue weighted by molar-refractivity contribution is 0.0719. The van der Waals surface area contributed by atoms with Crippen LogP contribution in [0.3, 0.4) is 0 Å². The van der Waals surface area contributed by atoms with E-state index in [-0.39, 0.29) is 12.0 Å². The number of aliphatic hydroxyl groups excluding tert-OH is 1. The van der Waals surface area contributed by atoms with Crippen LogP contribution in [0.15, 0.2) is 0 Å². The highest BCUT2D eigenvalue weighted by molar-refractivity contribution is 4.72. The van der Waals surface area contributed by atoms with E-state index in [0.29, 0.717) is 19.8 Å². The van der Waals surface area contributed by atoms with Crippen molar-refractivity contribution < 1.29 is 9.84 Å². The first kappa shape index (κ1) is 13.8. The molecule has 0 saturated carbocycles. The number of nitrogens with zero attached hydrogens (tertiary/aromatic N) is 1. The van der Waals surface area contributed by atoms with Crippen molar-refractivity contribution in [3.05, 3.63) is 0 Å². The first-order chi connectivity index (χ1) is 6.52. The molecule has 0 aromatic carbocycles. The Balaban J connectivity index is 3.49. The smallest absolute Gasteiger partial charge is 0.0698 e. The average molecular weight is 204 g/mol. The first-order valence-electron chi connectivity index (χ1n) is 5.09. The highest BCUT2D eigenvalue weighted by Gasteiger charge is 2.17. The second-order valence-electron chi connectivity index (χ2n) is 4.44. The molecule has 0 aromatic heterocycles. The van der Waals surface area contributed by atoms with Gasteiger partial charge in [0.1, 0.15) is 0 Å². The van der Waals surface area contributed by atoms with E-state index in [1.54, 1.807) is 0 Å². The van der Waals surface area contributed by atoms with Gasteiger partial charge in [0, 0.05) is 13.1 Å². The molecule has 4 heteroatoms. The highest BCUT2D eigenvalue weighted by atomic mass is 16.5. The predicted octanol–water partition coefficient (Wildman–Crippen LogP) is -0.0880. The summed E-state index contributed by atoms with van der Waals surface area (Å²) < 4.78 is 5.18. The molecule has 0 aliphatic rings. The minimum absolute atomic E-state index is 0.0952. The lowest BCUT2D eigenvalue weighted by Gasteiger charge is -2.28. The molecule has 0 heterocycles. The number of hydrogen-bond acceptors (Lipinski definition) is 4. The van der Waals surface area contributed by atoms with E-state index in [2.05, 4.69) is 25.8 Å². The van der Waals surface area contributed by atoms with Crippen LogP contribution >= 0.6 is 0 Å². The molecule has 0 saturated heterocycles. The molecular formula is C10H24N2O2. The van der Waals surface area contributed by atoms with Crippen molar-refractivity contribution in [1.29, 1.82) is 0 Å². The quantitative estimate of drug-likeness (QED) is 0.543. The number of hydrogen-bond donors (Lipinski definition) is 2. The van der Waals surface area contributed by atoms with Gasteiger partial charge < -0.3 is 20.5 Å².